The summed E-state index contributed by atoms with van der Waals surface area (Å²) in [6.07, 6.45) is 1.81. The molecule has 0 aliphatic carbocycles. The highest BCUT2D eigenvalue weighted by molar-refractivity contribution is 6.31. The molecule has 0 fully saturated rings. The molecular formula is C17H13ClF2N2O2. The van der Waals surface area contributed by atoms with Gasteiger partial charge in [0.15, 0.2) is 0 Å². The molecule has 0 saturated carbocycles. The average molecular weight is 351 g/mol. The Labute approximate surface area is 141 Å². The maximum atomic E-state index is 12.2. The van der Waals surface area contributed by atoms with Crippen molar-refractivity contribution in [2.45, 2.75) is 13.2 Å². The lowest BCUT2D eigenvalue weighted by atomic mass is 10.2. The average Bonchev–Trinajstić information content (AvgIpc) is 2.91. The van der Waals surface area contributed by atoms with Gasteiger partial charge in [0.05, 0.1) is 0 Å². The fourth-order valence-electron chi connectivity index (χ4n) is 2.37. The molecular weight excluding hydrogens is 338 g/mol. The van der Waals surface area contributed by atoms with Crippen molar-refractivity contribution in [2.24, 2.45) is 0 Å². The van der Waals surface area contributed by atoms with Gasteiger partial charge in [-0.1, -0.05) is 17.7 Å². The molecule has 1 N–H and O–H groups in total. The van der Waals surface area contributed by atoms with E-state index in [4.69, 9.17) is 11.6 Å². The number of hydrogen-bond donors (Lipinski definition) is 1. The minimum atomic E-state index is -2.88. The van der Waals surface area contributed by atoms with E-state index in [9.17, 15) is 13.6 Å². The number of rotatable bonds is 5. The minimum Gasteiger partial charge on any atom is -0.435 e. The highest BCUT2D eigenvalue weighted by Crippen LogP contribution is 2.21. The smallest absolute Gasteiger partial charge is 0.387 e. The maximum absolute atomic E-state index is 12.2. The van der Waals surface area contributed by atoms with Crippen molar-refractivity contribution < 1.29 is 18.3 Å². The zero-order chi connectivity index (χ0) is 17.1. The summed E-state index contributed by atoms with van der Waals surface area (Å²) in [5, 5.41) is 4.29. The van der Waals surface area contributed by atoms with Crippen molar-refractivity contribution in [3.63, 3.8) is 0 Å². The van der Waals surface area contributed by atoms with E-state index in [1.165, 1.54) is 24.3 Å². The molecule has 0 unspecified atom stereocenters. The van der Waals surface area contributed by atoms with Crippen LogP contribution in [0.2, 0.25) is 5.02 Å². The van der Waals surface area contributed by atoms with Crippen LogP contribution >= 0.6 is 11.6 Å². The Kier molecular flexibility index (Phi) is 4.66. The number of carbonyl (C=O) groups excluding carboxylic acids is 1. The van der Waals surface area contributed by atoms with E-state index < -0.39 is 6.61 Å². The topological polar surface area (TPSA) is 43.3 Å². The Hall–Kier alpha value is -2.60. The van der Waals surface area contributed by atoms with Crippen molar-refractivity contribution in [2.75, 3.05) is 5.32 Å². The van der Waals surface area contributed by atoms with E-state index in [1.807, 2.05) is 12.1 Å². The van der Waals surface area contributed by atoms with Gasteiger partial charge in [0.1, 0.15) is 12.3 Å². The SMILES string of the molecule is O=C(Cn1ccc2ccc(Cl)cc21)Nc1ccc(OC(F)F)cc1. The minimum absolute atomic E-state index is 0.0362. The number of nitrogens with zero attached hydrogens (tertiary/aromatic N) is 1. The van der Waals surface area contributed by atoms with Crippen LogP contribution in [-0.2, 0) is 11.3 Å². The summed E-state index contributed by atoms with van der Waals surface area (Å²) in [6.45, 7) is -2.77. The van der Waals surface area contributed by atoms with E-state index in [0.29, 0.717) is 10.7 Å². The van der Waals surface area contributed by atoms with Gasteiger partial charge in [-0.3, -0.25) is 4.79 Å². The van der Waals surface area contributed by atoms with Gasteiger partial charge in [-0.2, -0.15) is 8.78 Å². The number of benzene rings is 2. The highest BCUT2D eigenvalue weighted by Gasteiger charge is 2.08. The molecule has 7 heteroatoms. The van der Waals surface area contributed by atoms with Crippen molar-refractivity contribution in [3.05, 3.63) is 59.8 Å². The summed E-state index contributed by atoms with van der Waals surface area (Å²) in [7, 11) is 0. The Bertz CT molecular complexity index is 863. The first-order valence-electron chi connectivity index (χ1n) is 7.10. The van der Waals surface area contributed by atoms with E-state index in [-0.39, 0.29) is 18.2 Å². The Morgan fingerprint density at radius 1 is 1.17 bits per heavy atom. The third kappa shape index (κ3) is 3.83. The second-order valence-electron chi connectivity index (χ2n) is 5.10. The van der Waals surface area contributed by atoms with Crippen LogP contribution in [0.1, 0.15) is 0 Å². The van der Waals surface area contributed by atoms with Crippen LogP contribution in [0.25, 0.3) is 10.9 Å². The number of hydrogen-bond acceptors (Lipinski definition) is 2. The van der Waals surface area contributed by atoms with Crippen molar-refractivity contribution in [1.82, 2.24) is 4.57 Å². The van der Waals surface area contributed by atoms with Gasteiger partial charge < -0.3 is 14.6 Å². The Balaban J connectivity index is 1.67. The third-order valence-electron chi connectivity index (χ3n) is 3.41. The van der Waals surface area contributed by atoms with Crippen molar-refractivity contribution >= 4 is 34.1 Å². The Morgan fingerprint density at radius 2 is 1.92 bits per heavy atom. The molecule has 124 valence electrons. The van der Waals surface area contributed by atoms with E-state index >= 15 is 0 Å². The summed E-state index contributed by atoms with van der Waals surface area (Å²) in [5.41, 5.74) is 1.36. The molecule has 1 amide bonds. The zero-order valence-electron chi connectivity index (χ0n) is 12.4. The van der Waals surface area contributed by atoms with Crippen molar-refractivity contribution in [3.8, 4) is 5.75 Å². The Morgan fingerprint density at radius 3 is 2.62 bits per heavy atom. The van der Waals surface area contributed by atoms with E-state index in [2.05, 4.69) is 10.1 Å². The summed E-state index contributed by atoms with van der Waals surface area (Å²) >= 11 is 5.99. The van der Waals surface area contributed by atoms with Crippen LogP contribution in [0.5, 0.6) is 5.75 Å². The first kappa shape index (κ1) is 16.3. The predicted molar refractivity (Wildman–Crippen MR) is 88.7 cm³/mol. The molecule has 0 radical (unpaired) electrons. The molecule has 0 spiro atoms. The van der Waals surface area contributed by atoms with Crippen LogP contribution in [0.3, 0.4) is 0 Å². The molecule has 3 aromatic rings. The highest BCUT2D eigenvalue weighted by atomic mass is 35.5. The second-order valence-corrected chi connectivity index (χ2v) is 5.53. The number of alkyl halides is 2. The second kappa shape index (κ2) is 6.88. The molecule has 0 atom stereocenters. The lowest BCUT2D eigenvalue weighted by Crippen LogP contribution is -2.18. The number of nitrogens with one attached hydrogen (secondary N) is 1. The lowest BCUT2D eigenvalue weighted by molar-refractivity contribution is -0.116. The fraction of sp³-hybridized carbons (Fsp3) is 0.118. The maximum Gasteiger partial charge on any atom is 0.387 e. The number of carbonyl (C=O) groups is 1. The molecule has 1 heterocycles. The number of anilines is 1. The summed E-state index contributed by atoms with van der Waals surface area (Å²) in [6, 6.07) is 13.1. The van der Waals surface area contributed by atoms with Gasteiger partial charge >= 0.3 is 6.61 Å². The standard InChI is InChI=1S/C17H13ClF2N2O2/c18-12-2-1-11-7-8-22(15(11)9-12)10-16(23)21-13-3-5-14(6-4-13)24-17(19)20/h1-9,17H,10H2,(H,21,23). The number of fused-ring (bicyclic) bond motifs is 1. The zero-order valence-corrected chi connectivity index (χ0v) is 13.1. The lowest BCUT2D eigenvalue weighted by Gasteiger charge is -2.09. The molecule has 3 rings (SSSR count). The molecule has 2 aromatic carbocycles. The van der Waals surface area contributed by atoms with Gasteiger partial charge in [0.2, 0.25) is 5.91 Å². The number of halogens is 3. The summed E-state index contributed by atoms with van der Waals surface area (Å²) in [5.74, 6) is -0.205. The molecule has 0 aliphatic heterocycles. The van der Waals surface area contributed by atoms with E-state index in [1.54, 1.807) is 22.9 Å². The molecule has 0 saturated heterocycles. The summed E-state index contributed by atoms with van der Waals surface area (Å²) < 4.78 is 30.2. The van der Waals surface area contributed by atoms with Gasteiger partial charge in [-0.15, -0.1) is 0 Å². The molecule has 24 heavy (non-hydrogen) atoms. The molecule has 1 aromatic heterocycles. The normalized spacial score (nSPS) is 11.0. The number of amides is 1. The summed E-state index contributed by atoms with van der Waals surface area (Å²) in [4.78, 5) is 12.2. The van der Waals surface area contributed by atoms with Crippen LogP contribution in [0, 0.1) is 0 Å². The quantitative estimate of drug-likeness (QED) is 0.734. The largest absolute Gasteiger partial charge is 0.435 e. The first-order valence-corrected chi connectivity index (χ1v) is 7.48. The molecule has 4 nitrogen and oxygen atoms in total. The van der Waals surface area contributed by atoms with Crippen molar-refractivity contribution in [1.29, 1.82) is 0 Å². The van der Waals surface area contributed by atoms with Crippen LogP contribution < -0.4 is 10.1 Å². The molecule has 0 aliphatic rings. The van der Waals surface area contributed by atoms with Gasteiger partial charge in [-0.05, 0) is 47.9 Å². The molecule has 0 bridgehead atoms. The van der Waals surface area contributed by atoms with Crippen LogP contribution in [0.4, 0.5) is 14.5 Å². The predicted octanol–water partition coefficient (Wildman–Crippen LogP) is 4.53. The first-order chi connectivity index (χ1) is 11.5. The van der Waals surface area contributed by atoms with E-state index in [0.717, 1.165) is 10.9 Å². The number of ether oxygens (including phenoxy) is 1. The fourth-order valence-corrected chi connectivity index (χ4v) is 2.54. The van der Waals surface area contributed by atoms with Gasteiger partial charge in [0, 0.05) is 22.4 Å². The van der Waals surface area contributed by atoms with Crippen LogP contribution in [-0.4, -0.2) is 17.1 Å². The van der Waals surface area contributed by atoms with Gasteiger partial charge in [0.25, 0.3) is 0 Å². The monoisotopic (exact) mass is 350 g/mol. The third-order valence-corrected chi connectivity index (χ3v) is 3.65. The van der Waals surface area contributed by atoms with Gasteiger partial charge in [-0.25, -0.2) is 0 Å². The van der Waals surface area contributed by atoms with Crippen LogP contribution in [0.15, 0.2) is 54.7 Å². The number of aromatic nitrogens is 1.